The molecule has 1 saturated carbocycles. The Morgan fingerprint density at radius 2 is 1.91 bits per heavy atom. The average molecular weight is 306 g/mol. The molecule has 122 valence electrons. The van der Waals surface area contributed by atoms with Crippen molar-refractivity contribution in [1.29, 1.82) is 0 Å². The molecule has 1 aromatic heterocycles. The Bertz CT molecular complexity index is 471. The molecule has 0 bridgehead atoms. The largest absolute Gasteiger partial charge is 0.478 e. The van der Waals surface area contributed by atoms with E-state index in [4.69, 9.17) is 9.47 Å². The average Bonchev–Trinajstić information content (AvgIpc) is 2.57. The molecule has 2 heterocycles. The van der Waals surface area contributed by atoms with Crippen molar-refractivity contribution < 1.29 is 9.47 Å². The van der Waals surface area contributed by atoms with Crippen LogP contribution in [0.4, 0.5) is 5.82 Å². The molecule has 1 N–H and O–H groups in total. The Labute approximate surface area is 132 Å². The summed E-state index contributed by atoms with van der Waals surface area (Å²) in [6, 6.07) is 0. The molecule has 0 aromatic carbocycles. The zero-order chi connectivity index (χ0) is 15.3. The van der Waals surface area contributed by atoms with Crippen LogP contribution in [0.25, 0.3) is 0 Å². The summed E-state index contributed by atoms with van der Waals surface area (Å²) in [7, 11) is 1.64. The van der Waals surface area contributed by atoms with Crippen molar-refractivity contribution in [3.63, 3.8) is 0 Å². The third-order valence-electron chi connectivity index (χ3n) is 4.68. The highest BCUT2D eigenvalue weighted by Crippen LogP contribution is 2.34. The van der Waals surface area contributed by atoms with Crippen LogP contribution in [0.5, 0.6) is 5.88 Å². The topological polar surface area (TPSA) is 59.5 Å². The first kappa shape index (κ1) is 15.5. The minimum absolute atomic E-state index is 0.0684. The van der Waals surface area contributed by atoms with Gasteiger partial charge in [0.15, 0.2) is 5.82 Å². The SMILES string of the molecule is COc1nccnc1NC1(CN2CCOCC2)CCCCC1. The monoisotopic (exact) mass is 306 g/mol. The Kier molecular flexibility index (Phi) is 5.10. The van der Waals surface area contributed by atoms with Crippen molar-refractivity contribution in [1.82, 2.24) is 14.9 Å². The van der Waals surface area contributed by atoms with E-state index in [0.717, 1.165) is 38.7 Å². The summed E-state index contributed by atoms with van der Waals surface area (Å²) in [5.74, 6) is 1.34. The number of ether oxygens (including phenoxy) is 2. The summed E-state index contributed by atoms with van der Waals surface area (Å²) >= 11 is 0. The summed E-state index contributed by atoms with van der Waals surface area (Å²) in [6.07, 6.45) is 9.58. The number of nitrogens with one attached hydrogen (secondary N) is 1. The summed E-state index contributed by atoms with van der Waals surface area (Å²) in [4.78, 5) is 11.2. The van der Waals surface area contributed by atoms with Crippen LogP contribution < -0.4 is 10.1 Å². The number of aromatic nitrogens is 2. The molecule has 1 aliphatic carbocycles. The molecule has 0 spiro atoms. The molecule has 0 amide bonds. The highest BCUT2D eigenvalue weighted by Gasteiger charge is 2.35. The van der Waals surface area contributed by atoms with E-state index in [1.54, 1.807) is 19.5 Å². The molecule has 6 heteroatoms. The van der Waals surface area contributed by atoms with E-state index < -0.39 is 0 Å². The third kappa shape index (κ3) is 3.67. The zero-order valence-corrected chi connectivity index (χ0v) is 13.4. The van der Waals surface area contributed by atoms with E-state index in [-0.39, 0.29) is 5.54 Å². The highest BCUT2D eigenvalue weighted by molar-refractivity contribution is 5.47. The molecule has 6 nitrogen and oxygen atoms in total. The van der Waals surface area contributed by atoms with E-state index >= 15 is 0 Å². The Balaban J connectivity index is 1.76. The van der Waals surface area contributed by atoms with Crippen molar-refractivity contribution >= 4 is 5.82 Å². The van der Waals surface area contributed by atoms with Crippen LogP contribution in [0, 0.1) is 0 Å². The number of hydrogen-bond acceptors (Lipinski definition) is 6. The summed E-state index contributed by atoms with van der Waals surface area (Å²) in [6.45, 7) is 4.74. The minimum atomic E-state index is 0.0684. The molecule has 1 aliphatic heterocycles. The van der Waals surface area contributed by atoms with E-state index in [1.165, 1.54) is 32.1 Å². The zero-order valence-electron chi connectivity index (χ0n) is 13.4. The van der Waals surface area contributed by atoms with Crippen LogP contribution in [0.3, 0.4) is 0 Å². The molecule has 2 aliphatic rings. The van der Waals surface area contributed by atoms with Gasteiger partial charge in [0.05, 0.1) is 25.9 Å². The van der Waals surface area contributed by atoms with Gasteiger partial charge in [0.2, 0.25) is 0 Å². The quantitative estimate of drug-likeness (QED) is 0.897. The standard InChI is InChI=1S/C16H26N4O2/c1-21-15-14(17-7-8-18-15)19-16(5-3-2-4-6-16)13-20-9-11-22-12-10-20/h7-8H,2-6,9-13H2,1H3,(H,17,19). The van der Waals surface area contributed by atoms with Gasteiger partial charge in [-0.2, -0.15) is 0 Å². The van der Waals surface area contributed by atoms with Gasteiger partial charge in [0.1, 0.15) is 0 Å². The Morgan fingerprint density at radius 3 is 2.64 bits per heavy atom. The van der Waals surface area contributed by atoms with Gasteiger partial charge in [-0.25, -0.2) is 9.97 Å². The van der Waals surface area contributed by atoms with Gasteiger partial charge in [0.25, 0.3) is 5.88 Å². The van der Waals surface area contributed by atoms with Crippen LogP contribution in [-0.2, 0) is 4.74 Å². The Hall–Kier alpha value is -1.40. The first-order valence-electron chi connectivity index (χ1n) is 8.25. The smallest absolute Gasteiger partial charge is 0.257 e. The molecule has 1 aromatic rings. The van der Waals surface area contributed by atoms with Crippen LogP contribution in [0.1, 0.15) is 32.1 Å². The molecule has 2 fully saturated rings. The molecular formula is C16H26N4O2. The van der Waals surface area contributed by atoms with Crippen molar-refractivity contribution in [3.8, 4) is 5.88 Å². The van der Waals surface area contributed by atoms with Gasteiger partial charge in [0, 0.05) is 32.0 Å². The fourth-order valence-electron chi connectivity index (χ4n) is 3.55. The minimum Gasteiger partial charge on any atom is -0.478 e. The van der Waals surface area contributed by atoms with Crippen LogP contribution in [0.15, 0.2) is 12.4 Å². The number of nitrogens with zero attached hydrogens (tertiary/aromatic N) is 3. The second kappa shape index (κ2) is 7.24. The van der Waals surface area contributed by atoms with Gasteiger partial charge >= 0.3 is 0 Å². The van der Waals surface area contributed by atoms with Crippen LogP contribution in [-0.4, -0.2) is 60.4 Å². The van der Waals surface area contributed by atoms with Crippen molar-refractivity contribution in [2.24, 2.45) is 0 Å². The third-order valence-corrected chi connectivity index (χ3v) is 4.68. The first-order chi connectivity index (χ1) is 10.8. The predicted octanol–water partition coefficient (Wildman–Crippen LogP) is 1.93. The maximum absolute atomic E-state index is 5.47. The maximum Gasteiger partial charge on any atom is 0.257 e. The second-order valence-electron chi connectivity index (χ2n) is 6.27. The highest BCUT2D eigenvalue weighted by atomic mass is 16.5. The fraction of sp³-hybridized carbons (Fsp3) is 0.750. The summed E-state index contributed by atoms with van der Waals surface area (Å²) in [5, 5.41) is 3.68. The normalized spacial score (nSPS) is 22.2. The van der Waals surface area contributed by atoms with Crippen molar-refractivity contribution in [3.05, 3.63) is 12.4 Å². The summed E-state index contributed by atoms with van der Waals surface area (Å²) in [5.41, 5.74) is 0.0684. The summed E-state index contributed by atoms with van der Waals surface area (Å²) < 4.78 is 10.8. The Morgan fingerprint density at radius 1 is 1.18 bits per heavy atom. The first-order valence-corrected chi connectivity index (χ1v) is 8.25. The molecular weight excluding hydrogens is 280 g/mol. The molecule has 0 atom stereocenters. The lowest BCUT2D eigenvalue weighted by atomic mass is 9.81. The van der Waals surface area contributed by atoms with Crippen molar-refractivity contribution in [2.45, 2.75) is 37.6 Å². The lowest BCUT2D eigenvalue weighted by molar-refractivity contribution is 0.0259. The lowest BCUT2D eigenvalue weighted by Gasteiger charge is -2.43. The number of rotatable bonds is 5. The maximum atomic E-state index is 5.47. The number of morpholine rings is 1. The lowest BCUT2D eigenvalue weighted by Crippen LogP contribution is -2.52. The van der Waals surface area contributed by atoms with E-state index in [0.29, 0.717) is 5.88 Å². The van der Waals surface area contributed by atoms with Gasteiger partial charge in [-0.15, -0.1) is 0 Å². The van der Waals surface area contributed by atoms with Crippen LogP contribution in [0.2, 0.25) is 0 Å². The van der Waals surface area contributed by atoms with E-state index in [9.17, 15) is 0 Å². The van der Waals surface area contributed by atoms with Gasteiger partial charge in [-0.05, 0) is 12.8 Å². The van der Waals surface area contributed by atoms with Gasteiger partial charge in [-0.1, -0.05) is 19.3 Å². The van der Waals surface area contributed by atoms with E-state index in [2.05, 4.69) is 20.2 Å². The predicted molar refractivity (Wildman–Crippen MR) is 85.3 cm³/mol. The fourth-order valence-corrected chi connectivity index (χ4v) is 3.55. The van der Waals surface area contributed by atoms with Crippen LogP contribution >= 0.6 is 0 Å². The molecule has 22 heavy (non-hydrogen) atoms. The van der Waals surface area contributed by atoms with Crippen molar-refractivity contribution in [2.75, 3.05) is 45.3 Å². The van der Waals surface area contributed by atoms with Gasteiger partial charge in [-0.3, -0.25) is 4.90 Å². The molecule has 1 saturated heterocycles. The van der Waals surface area contributed by atoms with E-state index in [1.807, 2.05) is 0 Å². The molecule has 0 unspecified atom stereocenters. The second-order valence-corrected chi connectivity index (χ2v) is 6.27. The number of methoxy groups -OCH3 is 1. The molecule has 3 rings (SSSR count). The number of anilines is 1. The van der Waals surface area contributed by atoms with Gasteiger partial charge < -0.3 is 14.8 Å². The molecule has 0 radical (unpaired) electrons. The number of hydrogen-bond donors (Lipinski definition) is 1.